The zero-order valence-electron chi connectivity index (χ0n) is 44.1. The number of benzene rings is 3. The molecule has 6 atom stereocenters. The lowest BCUT2D eigenvalue weighted by Crippen LogP contribution is -2.50. The van der Waals surface area contributed by atoms with Crippen molar-refractivity contribution in [3.05, 3.63) is 132 Å². The number of rotatable bonds is 21. The SMILES string of the molecule is C=CCOC(=O)/C(C)=C/[C@@H](CSC(c1ccccc1)(c1ccccc1)c1ccccc1)NC(=O)[C@@H](C)[C@H](C[C@H](C)C[C@H](OC(=O)[C@@H]1CCCN1C(=O)OC(C)(C)C)C(C)(C)C)O[Si](C)(C)C(C)(C)C. The molecule has 0 spiro atoms. The first-order valence-corrected chi connectivity index (χ1v) is 28.5. The zero-order valence-corrected chi connectivity index (χ0v) is 45.9. The molecule has 1 N–H and O–H groups in total. The van der Waals surface area contributed by atoms with Crippen LogP contribution in [0.25, 0.3) is 0 Å². The molecular weight excluding hydrogens is 901 g/mol. The van der Waals surface area contributed by atoms with Gasteiger partial charge in [0.1, 0.15) is 24.4 Å². The summed E-state index contributed by atoms with van der Waals surface area (Å²) in [5.74, 6) is -1.35. The van der Waals surface area contributed by atoms with Crippen molar-refractivity contribution in [3.63, 3.8) is 0 Å². The molecule has 3 aromatic carbocycles. The van der Waals surface area contributed by atoms with E-state index in [9.17, 15) is 19.2 Å². The molecule has 10 nitrogen and oxygen atoms in total. The summed E-state index contributed by atoms with van der Waals surface area (Å²) >= 11 is 1.70. The fraction of sp³-hybridized carbons (Fsp3) is 0.544. The Balaban J connectivity index is 1.68. The third kappa shape index (κ3) is 15.9. The number of hydrogen-bond donors (Lipinski definition) is 1. The molecule has 1 fully saturated rings. The van der Waals surface area contributed by atoms with Crippen molar-refractivity contribution in [1.29, 1.82) is 0 Å². The predicted octanol–water partition coefficient (Wildman–Crippen LogP) is 12.7. The van der Waals surface area contributed by atoms with E-state index >= 15 is 0 Å². The molecule has 0 saturated carbocycles. The van der Waals surface area contributed by atoms with Crippen molar-refractivity contribution < 1.29 is 37.8 Å². The molecule has 69 heavy (non-hydrogen) atoms. The van der Waals surface area contributed by atoms with Gasteiger partial charge in [0.2, 0.25) is 5.91 Å². The van der Waals surface area contributed by atoms with Gasteiger partial charge in [0.15, 0.2) is 8.32 Å². The number of amides is 2. The maximum absolute atomic E-state index is 15.0. The molecule has 4 rings (SSSR count). The third-order valence-electron chi connectivity index (χ3n) is 13.3. The van der Waals surface area contributed by atoms with Gasteiger partial charge in [-0.15, -0.1) is 11.8 Å². The van der Waals surface area contributed by atoms with Crippen LogP contribution in [0, 0.1) is 17.3 Å². The molecule has 0 aromatic heterocycles. The van der Waals surface area contributed by atoms with Crippen LogP contribution in [0.5, 0.6) is 0 Å². The summed E-state index contributed by atoms with van der Waals surface area (Å²) in [5.41, 5.74) is 2.50. The van der Waals surface area contributed by atoms with Gasteiger partial charge in [-0.05, 0) is 99.5 Å². The van der Waals surface area contributed by atoms with Gasteiger partial charge in [0.05, 0.1) is 22.8 Å². The summed E-state index contributed by atoms with van der Waals surface area (Å²) in [6.45, 7) is 32.5. The van der Waals surface area contributed by atoms with Gasteiger partial charge in [0, 0.05) is 17.9 Å². The lowest BCUT2D eigenvalue weighted by atomic mass is 9.81. The molecule has 1 saturated heterocycles. The molecule has 3 aromatic rings. The van der Waals surface area contributed by atoms with Crippen LogP contribution in [0.1, 0.15) is 125 Å². The summed E-state index contributed by atoms with van der Waals surface area (Å²) in [5, 5.41) is 3.23. The van der Waals surface area contributed by atoms with Crippen LogP contribution in [0.3, 0.4) is 0 Å². The van der Waals surface area contributed by atoms with E-state index in [1.807, 2.05) is 82.3 Å². The summed E-state index contributed by atoms with van der Waals surface area (Å²) < 4.78 is 24.0. The topological polar surface area (TPSA) is 120 Å². The minimum Gasteiger partial charge on any atom is -0.460 e. The highest BCUT2D eigenvalue weighted by molar-refractivity contribution is 8.00. The minimum absolute atomic E-state index is 0.0334. The van der Waals surface area contributed by atoms with Gasteiger partial charge in [-0.2, -0.15) is 0 Å². The highest BCUT2D eigenvalue weighted by Gasteiger charge is 2.44. The summed E-state index contributed by atoms with van der Waals surface area (Å²) in [6.07, 6.45) is 4.10. The molecule has 0 radical (unpaired) electrons. The highest BCUT2D eigenvalue weighted by Crippen LogP contribution is 2.49. The number of carbonyl (C=O) groups excluding carboxylic acids is 4. The number of likely N-dealkylation sites (tertiary alicyclic amines) is 1. The molecule has 1 aliphatic heterocycles. The average molecular weight is 983 g/mol. The minimum atomic E-state index is -2.45. The molecule has 0 bridgehead atoms. The second-order valence-corrected chi connectivity index (χ2v) is 28.3. The second kappa shape index (κ2) is 24.5. The van der Waals surface area contributed by atoms with E-state index in [0.29, 0.717) is 43.6 Å². The van der Waals surface area contributed by atoms with Gasteiger partial charge in [-0.1, -0.05) is 165 Å². The van der Waals surface area contributed by atoms with E-state index in [4.69, 9.17) is 18.6 Å². The van der Waals surface area contributed by atoms with E-state index in [1.165, 1.54) is 11.0 Å². The summed E-state index contributed by atoms with van der Waals surface area (Å²) in [7, 11) is -2.45. The normalized spacial score (nSPS) is 17.2. The third-order valence-corrected chi connectivity index (χ3v) is 19.5. The van der Waals surface area contributed by atoms with Gasteiger partial charge in [0.25, 0.3) is 0 Å². The van der Waals surface area contributed by atoms with Gasteiger partial charge in [-0.3, -0.25) is 9.69 Å². The van der Waals surface area contributed by atoms with Crippen LogP contribution in [0.2, 0.25) is 18.1 Å². The van der Waals surface area contributed by atoms with E-state index in [0.717, 1.165) is 16.7 Å². The van der Waals surface area contributed by atoms with E-state index in [2.05, 4.69) is 110 Å². The molecule has 1 aliphatic rings. The first-order valence-electron chi connectivity index (χ1n) is 24.7. The lowest BCUT2D eigenvalue weighted by molar-refractivity contribution is -0.161. The maximum atomic E-state index is 15.0. The fourth-order valence-corrected chi connectivity index (χ4v) is 11.3. The molecule has 0 aliphatic carbocycles. The number of carbonyl (C=O) groups is 4. The van der Waals surface area contributed by atoms with Crippen LogP contribution in [-0.2, 0) is 37.8 Å². The monoisotopic (exact) mass is 983 g/mol. The van der Waals surface area contributed by atoms with Gasteiger partial charge >= 0.3 is 18.0 Å². The molecule has 2 amide bonds. The number of nitrogens with zero attached hydrogens (tertiary/aromatic N) is 1. The maximum Gasteiger partial charge on any atom is 0.411 e. The van der Waals surface area contributed by atoms with Crippen LogP contribution < -0.4 is 5.32 Å². The van der Waals surface area contributed by atoms with Crippen molar-refractivity contribution in [2.24, 2.45) is 17.3 Å². The first kappa shape index (κ1) is 56.9. The standard InChI is InChI=1S/C57H82N2O8SSi/c1-16-35-64-51(61)41(3)38-46(39-68-57(43-27-20-17-21-28-43,44-29-22-18-23-30-44)45-31-24-19-25-32-45)58-50(60)42(4)48(67-69(14,15)56(11,12)13)36-40(2)37-49(54(5,6)7)65-52(62)47-33-26-34-59(47)53(63)66-55(8,9)10/h16-25,27-32,38,40,42,46-49H,1,26,33-37,39H2,2-15H3,(H,58,60)/b41-38+/t40-,42-,46-,47-,48-,49-/m0/s1. The van der Waals surface area contributed by atoms with E-state index in [-0.39, 0.29) is 23.5 Å². The highest BCUT2D eigenvalue weighted by atomic mass is 32.2. The molecule has 0 unspecified atom stereocenters. The van der Waals surface area contributed by atoms with Crippen molar-refractivity contribution in [2.75, 3.05) is 18.9 Å². The van der Waals surface area contributed by atoms with Crippen LogP contribution in [0.15, 0.2) is 115 Å². The molecular formula is C57H82N2O8SSi. The van der Waals surface area contributed by atoms with E-state index in [1.54, 1.807) is 24.8 Å². The first-order chi connectivity index (χ1) is 32.2. The largest absolute Gasteiger partial charge is 0.460 e. The van der Waals surface area contributed by atoms with E-state index < -0.39 is 72.3 Å². The van der Waals surface area contributed by atoms with Crippen LogP contribution >= 0.6 is 11.8 Å². The molecule has 378 valence electrons. The number of nitrogens with one attached hydrogen (secondary N) is 1. The lowest BCUT2D eigenvalue weighted by Gasteiger charge is -2.42. The van der Waals surface area contributed by atoms with Crippen molar-refractivity contribution in [2.45, 2.75) is 162 Å². The van der Waals surface area contributed by atoms with Crippen LogP contribution in [0.4, 0.5) is 4.79 Å². The average Bonchev–Trinajstić information content (AvgIpc) is 3.78. The Morgan fingerprint density at radius 1 is 0.826 bits per heavy atom. The zero-order chi connectivity index (χ0) is 51.4. The van der Waals surface area contributed by atoms with Gasteiger partial charge in [-0.25, -0.2) is 14.4 Å². The number of ether oxygens (including phenoxy) is 3. The predicted molar refractivity (Wildman–Crippen MR) is 283 cm³/mol. The Morgan fingerprint density at radius 2 is 1.35 bits per heavy atom. The van der Waals surface area contributed by atoms with Gasteiger partial charge < -0.3 is 24.0 Å². The Bertz CT molecular complexity index is 2080. The second-order valence-electron chi connectivity index (χ2n) is 22.3. The Labute approximate surface area is 419 Å². The molecule has 12 heteroatoms. The summed E-state index contributed by atoms with van der Waals surface area (Å²) in [6, 6.07) is 29.8. The number of hydrogen-bond acceptors (Lipinski definition) is 9. The Hall–Kier alpha value is -4.65. The Kier molecular flexibility index (Phi) is 20.2. The van der Waals surface area contributed by atoms with Crippen molar-refractivity contribution in [1.82, 2.24) is 10.2 Å². The number of esters is 2. The van der Waals surface area contributed by atoms with Crippen molar-refractivity contribution >= 4 is 44.0 Å². The Morgan fingerprint density at radius 3 is 1.81 bits per heavy atom. The molecule has 1 heterocycles. The fourth-order valence-electron chi connectivity index (χ4n) is 8.33. The summed E-state index contributed by atoms with van der Waals surface area (Å²) in [4.78, 5) is 56.8. The van der Waals surface area contributed by atoms with Crippen molar-refractivity contribution in [3.8, 4) is 0 Å². The van der Waals surface area contributed by atoms with Crippen LogP contribution in [-0.4, -0.2) is 86.0 Å². The quantitative estimate of drug-likeness (QED) is 0.0278. The number of thioether (sulfide) groups is 1. The smallest absolute Gasteiger partial charge is 0.411 e.